The van der Waals surface area contributed by atoms with Crippen LogP contribution in [0.15, 0.2) is 0 Å². The van der Waals surface area contributed by atoms with Crippen molar-refractivity contribution in [3.63, 3.8) is 0 Å². The minimum atomic E-state index is -1.36. The minimum absolute atomic E-state index is 0.609. The second kappa shape index (κ2) is 4.61. The van der Waals surface area contributed by atoms with Crippen LogP contribution in [0.2, 0.25) is 0 Å². The molecule has 0 amide bonds. The molecule has 128 valence electrons. The number of rotatable bonds is 1. The SMILES string of the molecule is CC1(C)N([O])C(C2N([O])C(C)(C)C(C)(C)N2[O-])N([O-])C1(C)C. The van der Waals surface area contributed by atoms with E-state index in [2.05, 4.69) is 0 Å². The molecule has 0 unspecified atom stereocenters. The predicted molar refractivity (Wildman–Crippen MR) is 79.4 cm³/mol. The van der Waals surface area contributed by atoms with E-state index in [0.717, 1.165) is 0 Å². The van der Waals surface area contributed by atoms with Gasteiger partial charge < -0.3 is 20.5 Å². The molecule has 2 saturated heterocycles. The third kappa shape index (κ3) is 1.81. The maximum atomic E-state index is 12.7. The molecular weight excluding hydrogens is 288 g/mol. The first-order valence-corrected chi connectivity index (χ1v) is 7.49. The molecule has 8 heteroatoms. The summed E-state index contributed by atoms with van der Waals surface area (Å²) < 4.78 is 0. The second-order valence-electron chi connectivity index (χ2n) is 8.37. The molecule has 0 bridgehead atoms. The first-order chi connectivity index (χ1) is 9.63. The molecule has 0 aromatic carbocycles. The second-order valence-corrected chi connectivity index (χ2v) is 8.37. The largest absolute Gasteiger partial charge is 0.783 e. The van der Waals surface area contributed by atoms with Crippen molar-refractivity contribution in [1.29, 1.82) is 0 Å². The molecule has 2 aliphatic heterocycles. The molecule has 0 atom stereocenters. The zero-order valence-electron chi connectivity index (χ0n) is 14.6. The number of hydrogen-bond acceptors (Lipinski definition) is 6. The van der Waals surface area contributed by atoms with Crippen molar-refractivity contribution in [3.8, 4) is 0 Å². The Morgan fingerprint density at radius 2 is 0.818 bits per heavy atom. The van der Waals surface area contributed by atoms with Gasteiger partial charge in [0.2, 0.25) is 0 Å². The smallest absolute Gasteiger partial charge is 0.110 e. The molecule has 0 aliphatic carbocycles. The lowest BCUT2D eigenvalue weighted by atomic mass is 9.84. The van der Waals surface area contributed by atoms with Gasteiger partial charge in [-0.1, -0.05) is 0 Å². The van der Waals surface area contributed by atoms with Crippen molar-refractivity contribution in [3.05, 3.63) is 10.4 Å². The van der Waals surface area contributed by atoms with Gasteiger partial charge in [-0.25, -0.2) is 0 Å². The quantitative estimate of drug-likeness (QED) is 0.730. The molecule has 2 heterocycles. The number of hydrogen-bond donors (Lipinski definition) is 0. The summed E-state index contributed by atoms with van der Waals surface area (Å²) in [6.07, 6.45) is -2.72. The molecule has 0 aromatic rings. The van der Waals surface area contributed by atoms with E-state index in [1.165, 1.54) is 0 Å². The van der Waals surface area contributed by atoms with Crippen molar-refractivity contribution in [2.75, 3.05) is 0 Å². The summed E-state index contributed by atoms with van der Waals surface area (Å²) in [6.45, 7) is 13.2. The lowest BCUT2D eigenvalue weighted by molar-refractivity contribution is -0.292. The lowest BCUT2D eigenvalue weighted by Gasteiger charge is -2.49. The average molecular weight is 314 g/mol. The molecule has 2 radical (unpaired) electrons. The first-order valence-electron chi connectivity index (χ1n) is 7.49. The van der Waals surface area contributed by atoms with Gasteiger partial charge in [-0.05, 0) is 55.4 Å². The molecule has 2 aliphatic rings. The monoisotopic (exact) mass is 314 g/mol. The Morgan fingerprint density at radius 3 is 0.955 bits per heavy atom. The minimum Gasteiger partial charge on any atom is -0.783 e. The van der Waals surface area contributed by atoms with Crippen LogP contribution < -0.4 is 0 Å². The topological polar surface area (TPSA) is 98.9 Å². The Labute approximate surface area is 132 Å². The highest BCUT2D eigenvalue weighted by molar-refractivity contribution is 5.17. The Kier molecular flexibility index (Phi) is 3.78. The van der Waals surface area contributed by atoms with E-state index in [0.29, 0.717) is 20.3 Å². The summed E-state index contributed by atoms with van der Waals surface area (Å²) in [7, 11) is 0. The Hall–Kier alpha value is -0.320. The van der Waals surface area contributed by atoms with E-state index in [1.54, 1.807) is 55.4 Å². The van der Waals surface area contributed by atoms with Crippen LogP contribution in [0.1, 0.15) is 55.4 Å². The van der Waals surface area contributed by atoms with Crippen LogP contribution in [0.3, 0.4) is 0 Å². The van der Waals surface area contributed by atoms with Crippen LogP contribution >= 0.6 is 0 Å². The average Bonchev–Trinajstić information content (AvgIpc) is 2.57. The van der Waals surface area contributed by atoms with Crippen LogP contribution in [0.5, 0.6) is 0 Å². The van der Waals surface area contributed by atoms with Crippen LogP contribution in [-0.2, 0) is 10.4 Å². The number of nitrogens with zero attached hydrogens (tertiary/aromatic N) is 4. The van der Waals surface area contributed by atoms with Crippen molar-refractivity contribution < 1.29 is 10.4 Å². The summed E-state index contributed by atoms with van der Waals surface area (Å²) in [5.41, 5.74) is -4.06. The van der Waals surface area contributed by atoms with Gasteiger partial charge in [0.1, 0.15) is 12.3 Å². The van der Waals surface area contributed by atoms with Crippen molar-refractivity contribution in [2.24, 2.45) is 0 Å². The highest BCUT2D eigenvalue weighted by Gasteiger charge is 2.64. The fourth-order valence-electron chi connectivity index (χ4n) is 3.08. The van der Waals surface area contributed by atoms with Gasteiger partial charge in [0.05, 0.1) is 11.1 Å². The van der Waals surface area contributed by atoms with E-state index < -0.39 is 34.5 Å². The third-order valence-electron chi connectivity index (χ3n) is 6.43. The maximum Gasteiger partial charge on any atom is 0.110 e. The fraction of sp³-hybridized carbons (Fsp3) is 1.00. The first kappa shape index (κ1) is 18.0. The summed E-state index contributed by atoms with van der Waals surface area (Å²) in [5, 5.41) is 53.2. The van der Waals surface area contributed by atoms with Crippen LogP contribution in [-0.4, -0.2) is 54.7 Å². The summed E-state index contributed by atoms with van der Waals surface area (Å²) in [6, 6.07) is 0. The fourth-order valence-corrected chi connectivity index (χ4v) is 3.08. The molecule has 0 aromatic heterocycles. The molecule has 0 N–H and O–H groups in total. The van der Waals surface area contributed by atoms with Gasteiger partial charge in [-0.15, -0.1) is 20.5 Å². The maximum absolute atomic E-state index is 12.7. The van der Waals surface area contributed by atoms with E-state index in [1.807, 2.05) is 0 Å². The van der Waals surface area contributed by atoms with E-state index in [9.17, 15) is 20.8 Å². The highest BCUT2D eigenvalue weighted by atomic mass is 16.6. The van der Waals surface area contributed by atoms with Gasteiger partial charge >= 0.3 is 0 Å². The standard InChI is InChI=1S/C14H26N4O4/c1-11(2)12(3,4)16(20)9(15(11)19)10-17(21)13(5,6)14(7,8)18(10)22/h9-10H,1-8H3/q-2. The van der Waals surface area contributed by atoms with Gasteiger partial charge in [0.25, 0.3) is 0 Å². The third-order valence-corrected chi connectivity index (χ3v) is 6.43. The van der Waals surface area contributed by atoms with Gasteiger partial charge in [0, 0.05) is 11.1 Å². The van der Waals surface area contributed by atoms with E-state index >= 15 is 0 Å². The number of hydroxylamine groups is 8. The summed E-state index contributed by atoms with van der Waals surface area (Å²) in [5.74, 6) is 0. The summed E-state index contributed by atoms with van der Waals surface area (Å²) >= 11 is 0. The van der Waals surface area contributed by atoms with Crippen molar-refractivity contribution in [1.82, 2.24) is 20.3 Å². The Bertz CT molecular complexity index is 384. The Balaban J connectivity index is 2.49. The zero-order valence-corrected chi connectivity index (χ0v) is 14.6. The predicted octanol–water partition coefficient (Wildman–Crippen LogP) is 1.67. The van der Waals surface area contributed by atoms with Crippen LogP contribution in [0.25, 0.3) is 0 Å². The lowest BCUT2D eigenvalue weighted by Crippen LogP contribution is -2.57. The van der Waals surface area contributed by atoms with Gasteiger partial charge in [-0.3, -0.25) is 0 Å². The normalized spacial score (nSPS) is 38.7. The molecular formula is C14H26N4O4-2. The van der Waals surface area contributed by atoms with Crippen LogP contribution in [0.4, 0.5) is 0 Å². The van der Waals surface area contributed by atoms with E-state index in [4.69, 9.17) is 0 Å². The van der Waals surface area contributed by atoms with Crippen LogP contribution in [0, 0.1) is 10.4 Å². The highest BCUT2D eigenvalue weighted by Crippen LogP contribution is 2.49. The van der Waals surface area contributed by atoms with Crippen molar-refractivity contribution >= 4 is 0 Å². The summed E-state index contributed by atoms with van der Waals surface area (Å²) in [4.78, 5) is 0. The molecule has 0 spiro atoms. The molecule has 22 heavy (non-hydrogen) atoms. The molecule has 2 rings (SSSR count). The molecule has 2 fully saturated rings. The molecule has 0 saturated carbocycles. The molecule has 8 nitrogen and oxygen atoms in total. The van der Waals surface area contributed by atoms with Crippen molar-refractivity contribution in [2.45, 2.75) is 89.9 Å². The van der Waals surface area contributed by atoms with Gasteiger partial charge in [0.15, 0.2) is 0 Å². The van der Waals surface area contributed by atoms with E-state index in [-0.39, 0.29) is 0 Å². The Morgan fingerprint density at radius 1 is 0.591 bits per heavy atom. The zero-order chi connectivity index (χ0) is 17.5. The van der Waals surface area contributed by atoms with Gasteiger partial charge in [-0.2, -0.15) is 0 Å².